The van der Waals surface area contributed by atoms with E-state index in [-0.39, 0.29) is 11.6 Å². The molecule has 0 radical (unpaired) electrons. The Labute approximate surface area is 138 Å². The zero-order chi connectivity index (χ0) is 18.1. The summed E-state index contributed by atoms with van der Waals surface area (Å²) in [4.78, 5) is 37.2. The van der Waals surface area contributed by atoms with Gasteiger partial charge in [0.05, 0.1) is 0 Å². The summed E-state index contributed by atoms with van der Waals surface area (Å²) in [5, 5.41) is 4.98. The highest BCUT2D eigenvalue weighted by Gasteiger charge is 2.50. The maximum Gasteiger partial charge on any atom is 0.325 e. The van der Waals surface area contributed by atoms with Crippen molar-refractivity contribution >= 4 is 17.8 Å². The molecule has 2 rings (SSSR count). The van der Waals surface area contributed by atoms with Gasteiger partial charge in [-0.1, -0.05) is 6.92 Å². The van der Waals surface area contributed by atoms with Gasteiger partial charge in [0.15, 0.2) is 0 Å². The molecule has 1 heterocycles. The lowest BCUT2D eigenvalue weighted by Crippen LogP contribution is -2.45. The Morgan fingerprint density at radius 2 is 2.04 bits per heavy atom. The number of carbonyl (C=O) groups is 3. The minimum absolute atomic E-state index is 0.106. The van der Waals surface area contributed by atoms with Crippen molar-refractivity contribution in [2.75, 3.05) is 6.54 Å². The van der Waals surface area contributed by atoms with Crippen LogP contribution in [0.4, 0.5) is 13.6 Å². The predicted octanol–water partition coefficient (Wildman–Crippen LogP) is 1.65. The van der Waals surface area contributed by atoms with E-state index in [0.29, 0.717) is 11.3 Å². The number of halogens is 2. The highest BCUT2D eigenvalue weighted by Crippen LogP contribution is 2.31. The summed E-state index contributed by atoms with van der Waals surface area (Å²) in [7, 11) is 0. The Morgan fingerprint density at radius 1 is 1.38 bits per heavy atom. The van der Waals surface area contributed by atoms with Crippen molar-refractivity contribution in [3.63, 3.8) is 0 Å². The van der Waals surface area contributed by atoms with E-state index in [4.69, 9.17) is 0 Å². The summed E-state index contributed by atoms with van der Waals surface area (Å²) in [5.74, 6) is -2.87. The average Bonchev–Trinajstić information content (AvgIpc) is 2.73. The first-order chi connectivity index (χ1) is 11.2. The maximum absolute atomic E-state index is 14.0. The lowest BCUT2D eigenvalue weighted by molar-refractivity contribution is -0.135. The molecule has 8 heteroatoms. The molecule has 1 aliphatic heterocycles. The normalized spacial score (nSPS) is 21.6. The van der Waals surface area contributed by atoms with E-state index in [2.05, 4.69) is 10.6 Å². The van der Waals surface area contributed by atoms with E-state index in [1.807, 2.05) is 6.92 Å². The number of benzene rings is 1. The van der Waals surface area contributed by atoms with E-state index in [9.17, 15) is 23.2 Å². The van der Waals surface area contributed by atoms with Gasteiger partial charge < -0.3 is 10.6 Å². The summed E-state index contributed by atoms with van der Waals surface area (Å²) < 4.78 is 27.4. The van der Waals surface area contributed by atoms with Gasteiger partial charge in [0, 0.05) is 11.6 Å². The third kappa shape index (κ3) is 3.22. The fourth-order valence-corrected chi connectivity index (χ4v) is 2.47. The fraction of sp³-hybridized carbons (Fsp3) is 0.438. The summed E-state index contributed by atoms with van der Waals surface area (Å²) in [6, 6.07) is 1.72. The number of hydrogen-bond donors (Lipinski definition) is 2. The first kappa shape index (κ1) is 17.8. The molecule has 1 fully saturated rings. The molecule has 0 unspecified atom stereocenters. The van der Waals surface area contributed by atoms with E-state index in [1.165, 1.54) is 6.92 Å². The van der Waals surface area contributed by atoms with Gasteiger partial charge in [-0.15, -0.1) is 0 Å². The number of urea groups is 1. The highest BCUT2D eigenvalue weighted by atomic mass is 19.1. The van der Waals surface area contributed by atoms with Crippen LogP contribution in [-0.4, -0.2) is 35.3 Å². The summed E-state index contributed by atoms with van der Waals surface area (Å²) in [6.45, 7) is 4.46. The molecular formula is C16H19F2N3O3. The van der Waals surface area contributed by atoms with Crippen LogP contribution in [-0.2, 0) is 15.1 Å². The number of hydrogen-bond acceptors (Lipinski definition) is 3. The SMILES string of the molecule is CC[C@H](C)NC(=O)CN1C(=O)N[C@](C)(c2cc(F)ccc2F)C1=O. The first-order valence-corrected chi connectivity index (χ1v) is 7.58. The van der Waals surface area contributed by atoms with Crippen LogP contribution in [0.15, 0.2) is 18.2 Å². The van der Waals surface area contributed by atoms with Gasteiger partial charge in [0.1, 0.15) is 23.7 Å². The van der Waals surface area contributed by atoms with Crippen molar-refractivity contribution in [1.29, 1.82) is 0 Å². The molecule has 6 nitrogen and oxygen atoms in total. The van der Waals surface area contributed by atoms with Gasteiger partial charge in [-0.2, -0.15) is 0 Å². The molecule has 0 aliphatic carbocycles. The molecular weight excluding hydrogens is 320 g/mol. The predicted molar refractivity (Wildman–Crippen MR) is 81.9 cm³/mol. The summed E-state index contributed by atoms with van der Waals surface area (Å²) in [5.41, 5.74) is -2.05. The molecule has 0 bridgehead atoms. The Hall–Kier alpha value is -2.51. The quantitative estimate of drug-likeness (QED) is 0.801. The third-order valence-electron chi connectivity index (χ3n) is 4.06. The summed E-state index contributed by atoms with van der Waals surface area (Å²) >= 11 is 0. The second-order valence-corrected chi connectivity index (χ2v) is 5.95. The zero-order valence-corrected chi connectivity index (χ0v) is 13.7. The van der Waals surface area contributed by atoms with Crippen molar-refractivity contribution in [2.24, 2.45) is 0 Å². The molecule has 2 N–H and O–H groups in total. The van der Waals surface area contributed by atoms with E-state index < -0.39 is 41.6 Å². The van der Waals surface area contributed by atoms with Crippen LogP contribution in [0.2, 0.25) is 0 Å². The van der Waals surface area contributed by atoms with Gasteiger partial charge >= 0.3 is 6.03 Å². The highest BCUT2D eigenvalue weighted by molar-refractivity contribution is 6.09. The van der Waals surface area contributed by atoms with Crippen LogP contribution in [0.25, 0.3) is 0 Å². The largest absolute Gasteiger partial charge is 0.352 e. The molecule has 1 aromatic carbocycles. The topological polar surface area (TPSA) is 78.5 Å². The molecule has 0 aromatic heterocycles. The van der Waals surface area contributed by atoms with Crippen LogP contribution >= 0.6 is 0 Å². The monoisotopic (exact) mass is 339 g/mol. The standard InChI is InChI=1S/C16H19F2N3O3/c1-4-9(2)19-13(22)8-21-14(23)16(3,20-15(21)24)11-7-10(17)5-6-12(11)18/h5-7,9H,4,8H2,1-3H3,(H,19,22)(H,20,24)/t9-,16+/m0/s1. The fourth-order valence-electron chi connectivity index (χ4n) is 2.47. The molecule has 1 aliphatic rings. The second-order valence-electron chi connectivity index (χ2n) is 5.95. The molecule has 0 saturated carbocycles. The number of rotatable bonds is 5. The Balaban J connectivity index is 2.24. The van der Waals surface area contributed by atoms with Gasteiger partial charge in [-0.05, 0) is 38.5 Å². The van der Waals surface area contributed by atoms with Gasteiger partial charge in [0.2, 0.25) is 5.91 Å². The second kappa shape index (κ2) is 6.54. The number of nitrogens with one attached hydrogen (secondary N) is 2. The Kier molecular flexibility index (Phi) is 4.86. The van der Waals surface area contributed by atoms with Crippen LogP contribution in [0.1, 0.15) is 32.8 Å². The van der Waals surface area contributed by atoms with Crippen LogP contribution < -0.4 is 10.6 Å². The number of imide groups is 1. The van der Waals surface area contributed by atoms with Crippen molar-refractivity contribution < 1.29 is 23.2 Å². The van der Waals surface area contributed by atoms with E-state index >= 15 is 0 Å². The first-order valence-electron chi connectivity index (χ1n) is 7.58. The lowest BCUT2D eigenvalue weighted by Gasteiger charge is -2.23. The summed E-state index contributed by atoms with van der Waals surface area (Å²) in [6.07, 6.45) is 0.693. The average molecular weight is 339 g/mol. The Bertz CT molecular complexity index is 695. The molecule has 24 heavy (non-hydrogen) atoms. The van der Waals surface area contributed by atoms with Crippen LogP contribution in [0, 0.1) is 11.6 Å². The number of amides is 4. The molecule has 0 spiro atoms. The maximum atomic E-state index is 14.0. The van der Waals surface area contributed by atoms with Crippen LogP contribution in [0.5, 0.6) is 0 Å². The zero-order valence-electron chi connectivity index (χ0n) is 13.7. The molecule has 1 saturated heterocycles. The van der Waals surface area contributed by atoms with Crippen molar-refractivity contribution in [3.8, 4) is 0 Å². The number of nitrogens with zero attached hydrogens (tertiary/aromatic N) is 1. The smallest absolute Gasteiger partial charge is 0.325 e. The molecule has 130 valence electrons. The van der Waals surface area contributed by atoms with Crippen molar-refractivity contribution in [2.45, 2.75) is 38.8 Å². The van der Waals surface area contributed by atoms with Crippen molar-refractivity contribution in [3.05, 3.63) is 35.4 Å². The third-order valence-corrected chi connectivity index (χ3v) is 4.06. The van der Waals surface area contributed by atoms with Gasteiger partial charge in [-0.25, -0.2) is 13.6 Å². The minimum Gasteiger partial charge on any atom is -0.352 e. The molecule has 2 atom stereocenters. The number of carbonyl (C=O) groups excluding carboxylic acids is 3. The van der Waals surface area contributed by atoms with Gasteiger partial charge in [-0.3, -0.25) is 14.5 Å². The Morgan fingerprint density at radius 3 is 2.67 bits per heavy atom. The van der Waals surface area contributed by atoms with Gasteiger partial charge in [0.25, 0.3) is 5.91 Å². The molecule has 1 aromatic rings. The van der Waals surface area contributed by atoms with Crippen LogP contribution in [0.3, 0.4) is 0 Å². The van der Waals surface area contributed by atoms with E-state index in [1.54, 1.807) is 6.92 Å². The van der Waals surface area contributed by atoms with Crippen molar-refractivity contribution in [1.82, 2.24) is 15.5 Å². The lowest BCUT2D eigenvalue weighted by atomic mass is 9.91. The van der Waals surface area contributed by atoms with E-state index in [0.717, 1.165) is 18.2 Å². The minimum atomic E-state index is -1.76. The molecule has 4 amide bonds.